The van der Waals surface area contributed by atoms with E-state index in [4.69, 9.17) is 0 Å². The zero-order valence-electron chi connectivity index (χ0n) is 14.3. The number of anilines is 1. The lowest BCUT2D eigenvalue weighted by molar-refractivity contribution is 0.333. The van der Waals surface area contributed by atoms with Crippen LogP contribution < -0.4 is 4.90 Å². The molecule has 9 nitrogen and oxygen atoms in total. The fourth-order valence-electron chi connectivity index (χ4n) is 3.00. The molecule has 1 aliphatic rings. The van der Waals surface area contributed by atoms with Gasteiger partial charge >= 0.3 is 0 Å². The van der Waals surface area contributed by atoms with Gasteiger partial charge in [0.1, 0.15) is 12.1 Å². The molecule has 0 N–H and O–H groups in total. The molecule has 3 rings (SSSR count). The van der Waals surface area contributed by atoms with Crippen LogP contribution in [0.3, 0.4) is 0 Å². The van der Waals surface area contributed by atoms with Gasteiger partial charge in [0.15, 0.2) is 0 Å². The first-order valence-electron chi connectivity index (χ1n) is 8.15. The smallest absolute Gasteiger partial charge is 0.282 e. The molecule has 2 aromatic rings. The normalized spacial score (nSPS) is 17.1. The average Bonchev–Trinajstić information content (AvgIpc) is 3.03. The maximum atomic E-state index is 12.6. The Kier molecular flexibility index (Phi) is 4.70. The standard InChI is InChI=1S/C14H23N7O2S/c1-4-19(5-2)24(22,23)20-8-6-18(7-9-20)13-10-12(3)17-14-15-11-16-21(13)14/h10-11H,4-9H2,1-3H3. The lowest BCUT2D eigenvalue weighted by Gasteiger charge is -2.37. The Bertz CT molecular complexity index is 808. The molecule has 0 aliphatic carbocycles. The van der Waals surface area contributed by atoms with Crippen LogP contribution in [0.4, 0.5) is 5.82 Å². The maximum Gasteiger partial charge on any atom is 0.282 e. The molecular weight excluding hydrogens is 330 g/mol. The van der Waals surface area contributed by atoms with E-state index in [9.17, 15) is 8.42 Å². The van der Waals surface area contributed by atoms with E-state index in [1.165, 1.54) is 10.6 Å². The largest absolute Gasteiger partial charge is 0.354 e. The van der Waals surface area contributed by atoms with Crippen molar-refractivity contribution in [1.29, 1.82) is 0 Å². The molecule has 24 heavy (non-hydrogen) atoms. The van der Waals surface area contributed by atoms with Crippen LogP contribution in [-0.4, -0.2) is 75.9 Å². The van der Waals surface area contributed by atoms with E-state index in [-0.39, 0.29) is 0 Å². The second-order valence-electron chi connectivity index (χ2n) is 5.71. The van der Waals surface area contributed by atoms with Crippen LogP contribution in [0.1, 0.15) is 19.5 Å². The average molecular weight is 353 g/mol. The Labute approximate surface area is 142 Å². The molecule has 0 saturated carbocycles. The van der Waals surface area contributed by atoms with E-state index in [0.29, 0.717) is 45.0 Å². The molecule has 1 saturated heterocycles. The van der Waals surface area contributed by atoms with E-state index in [1.54, 1.807) is 8.82 Å². The van der Waals surface area contributed by atoms with Gasteiger partial charge in [-0.3, -0.25) is 0 Å². The van der Waals surface area contributed by atoms with Gasteiger partial charge in [0.2, 0.25) is 0 Å². The minimum atomic E-state index is -3.38. The van der Waals surface area contributed by atoms with Crippen LogP contribution >= 0.6 is 0 Å². The highest BCUT2D eigenvalue weighted by Gasteiger charge is 2.31. The summed E-state index contributed by atoms with van der Waals surface area (Å²) in [5.74, 6) is 1.46. The van der Waals surface area contributed by atoms with Gasteiger partial charge in [0, 0.05) is 51.0 Å². The first-order chi connectivity index (χ1) is 11.5. The molecule has 0 spiro atoms. The SMILES string of the molecule is CCN(CC)S(=O)(=O)N1CCN(c2cc(C)nc3ncnn23)CC1. The van der Waals surface area contributed by atoms with Crippen LogP contribution in [0.5, 0.6) is 0 Å². The predicted molar refractivity (Wildman–Crippen MR) is 91.1 cm³/mol. The topological polar surface area (TPSA) is 86.9 Å². The van der Waals surface area contributed by atoms with Crippen molar-refractivity contribution < 1.29 is 8.42 Å². The third kappa shape index (κ3) is 2.96. The van der Waals surface area contributed by atoms with E-state index in [1.807, 2.05) is 26.8 Å². The second-order valence-corrected chi connectivity index (χ2v) is 7.63. The molecule has 132 valence electrons. The number of nitrogens with zero attached hydrogens (tertiary/aromatic N) is 7. The molecule has 10 heteroatoms. The van der Waals surface area contributed by atoms with Crippen LogP contribution in [0.25, 0.3) is 5.78 Å². The highest BCUT2D eigenvalue weighted by atomic mass is 32.2. The van der Waals surface area contributed by atoms with Crippen LogP contribution in [-0.2, 0) is 10.2 Å². The zero-order chi connectivity index (χ0) is 17.3. The minimum absolute atomic E-state index is 0.455. The van der Waals surface area contributed by atoms with Gasteiger partial charge in [-0.15, -0.1) is 0 Å². The Morgan fingerprint density at radius 1 is 1.17 bits per heavy atom. The first-order valence-corrected chi connectivity index (χ1v) is 9.54. The summed E-state index contributed by atoms with van der Waals surface area (Å²) < 4.78 is 30.0. The molecule has 1 fully saturated rings. The quantitative estimate of drug-likeness (QED) is 0.760. The van der Waals surface area contributed by atoms with Crippen LogP contribution in [0.15, 0.2) is 12.4 Å². The lowest BCUT2D eigenvalue weighted by atomic mass is 10.3. The number of piperazine rings is 1. The highest BCUT2D eigenvalue weighted by Crippen LogP contribution is 2.19. The van der Waals surface area contributed by atoms with Crippen molar-refractivity contribution >= 4 is 21.8 Å². The van der Waals surface area contributed by atoms with E-state index >= 15 is 0 Å². The van der Waals surface area contributed by atoms with E-state index in [0.717, 1.165) is 11.5 Å². The summed E-state index contributed by atoms with van der Waals surface area (Å²) in [6, 6.07) is 1.95. The van der Waals surface area contributed by atoms with Crippen molar-refractivity contribution in [2.75, 3.05) is 44.2 Å². The van der Waals surface area contributed by atoms with Crippen molar-refractivity contribution in [3.05, 3.63) is 18.1 Å². The summed E-state index contributed by atoms with van der Waals surface area (Å²) in [5, 5.41) is 4.22. The molecule has 1 aliphatic heterocycles. The monoisotopic (exact) mass is 353 g/mol. The molecule has 0 aromatic carbocycles. The summed E-state index contributed by atoms with van der Waals surface area (Å²) >= 11 is 0. The van der Waals surface area contributed by atoms with Crippen molar-refractivity contribution in [1.82, 2.24) is 28.2 Å². The third-order valence-electron chi connectivity index (χ3n) is 4.28. The molecule has 0 amide bonds. The van der Waals surface area contributed by atoms with Crippen molar-refractivity contribution in [3.63, 3.8) is 0 Å². The van der Waals surface area contributed by atoms with Crippen molar-refractivity contribution in [3.8, 4) is 0 Å². The first kappa shape index (κ1) is 17.1. The van der Waals surface area contributed by atoms with Gasteiger partial charge in [0.25, 0.3) is 16.0 Å². The van der Waals surface area contributed by atoms with Gasteiger partial charge < -0.3 is 4.90 Å². The molecule has 3 heterocycles. The van der Waals surface area contributed by atoms with Gasteiger partial charge in [-0.2, -0.15) is 31.6 Å². The predicted octanol–water partition coefficient (Wildman–Crippen LogP) is 0.141. The molecule has 0 radical (unpaired) electrons. The summed E-state index contributed by atoms with van der Waals surface area (Å²) in [6.07, 6.45) is 1.48. The molecule has 0 bridgehead atoms. The molecule has 0 unspecified atom stereocenters. The number of rotatable bonds is 5. The van der Waals surface area contributed by atoms with E-state index in [2.05, 4.69) is 20.0 Å². The number of hydrogen-bond acceptors (Lipinski definition) is 6. The fourth-order valence-corrected chi connectivity index (χ4v) is 4.60. The van der Waals surface area contributed by atoms with Crippen LogP contribution in [0.2, 0.25) is 0 Å². The van der Waals surface area contributed by atoms with E-state index < -0.39 is 10.2 Å². The van der Waals surface area contributed by atoms with Crippen molar-refractivity contribution in [2.45, 2.75) is 20.8 Å². The molecule has 0 atom stereocenters. The molecular formula is C14H23N7O2S. The molecule has 2 aromatic heterocycles. The van der Waals surface area contributed by atoms with Gasteiger partial charge in [-0.1, -0.05) is 13.8 Å². The van der Waals surface area contributed by atoms with Gasteiger partial charge in [0.05, 0.1) is 0 Å². The fraction of sp³-hybridized carbons (Fsp3) is 0.643. The van der Waals surface area contributed by atoms with Gasteiger partial charge in [-0.05, 0) is 6.92 Å². The lowest BCUT2D eigenvalue weighted by Crippen LogP contribution is -2.53. The Balaban J connectivity index is 1.79. The minimum Gasteiger partial charge on any atom is -0.354 e. The number of aryl methyl sites for hydroxylation is 1. The van der Waals surface area contributed by atoms with Gasteiger partial charge in [-0.25, -0.2) is 4.98 Å². The summed E-state index contributed by atoms with van der Waals surface area (Å²) in [6.45, 7) is 8.74. The Hall–Kier alpha value is -1.78. The van der Waals surface area contributed by atoms with Crippen molar-refractivity contribution in [2.24, 2.45) is 0 Å². The zero-order valence-corrected chi connectivity index (χ0v) is 15.1. The highest BCUT2D eigenvalue weighted by molar-refractivity contribution is 7.86. The summed E-state index contributed by atoms with van der Waals surface area (Å²) in [7, 11) is -3.38. The Morgan fingerprint density at radius 2 is 1.83 bits per heavy atom. The third-order valence-corrected chi connectivity index (χ3v) is 6.47. The number of hydrogen-bond donors (Lipinski definition) is 0. The maximum absolute atomic E-state index is 12.6. The number of fused-ring (bicyclic) bond motifs is 1. The summed E-state index contributed by atoms with van der Waals surface area (Å²) in [4.78, 5) is 10.6. The van der Waals surface area contributed by atoms with Crippen LogP contribution in [0, 0.1) is 6.92 Å². The summed E-state index contributed by atoms with van der Waals surface area (Å²) in [5.41, 5.74) is 0.865. The second kappa shape index (κ2) is 6.61. The number of aromatic nitrogens is 4. The Morgan fingerprint density at radius 3 is 2.46 bits per heavy atom.